The molecule has 0 spiro atoms. The Morgan fingerprint density at radius 2 is 1.93 bits per heavy atom. The lowest BCUT2D eigenvalue weighted by atomic mass is 9.89. The Labute approximate surface area is 165 Å². The minimum atomic E-state index is -0.518. The van der Waals surface area contributed by atoms with Crippen molar-refractivity contribution in [2.75, 3.05) is 19.7 Å². The lowest BCUT2D eigenvalue weighted by Crippen LogP contribution is -2.44. The Kier molecular flexibility index (Phi) is 5.35. The van der Waals surface area contributed by atoms with E-state index >= 15 is 0 Å². The van der Waals surface area contributed by atoms with E-state index in [9.17, 15) is 4.79 Å². The van der Waals surface area contributed by atoms with Gasteiger partial charge in [-0.05, 0) is 48.5 Å². The summed E-state index contributed by atoms with van der Waals surface area (Å²) in [7, 11) is -0.438. The van der Waals surface area contributed by atoms with Crippen LogP contribution in [0.3, 0.4) is 0 Å². The minimum Gasteiger partial charge on any atom is -0.444 e. The van der Waals surface area contributed by atoms with E-state index in [1.54, 1.807) is 11.1 Å². The molecule has 0 radical (unpaired) electrons. The van der Waals surface area contributed by atoms with Gasteiger partial charge in [-0.25, -0.2) is 9.78 Å². The summed E-state index contributed by atoms with van der Waals surface area (Å²) in [5, 5.41) is 0.813. The molecular formula is C18H29BN2O5S. The summed E-state index contributed by atoms with van der Waals surface area (Å²) in [6.07, 6.45) is 1.18. The second-order valence-electron chi connectivity index (χ2n) is 8.97. The summed E-state index contributed by atoms with van der Waals surface area (Å²) < 4.78 is 24.4. The van der Waals surface area contributed by atoms with Gasteiger partial charge in [0.05, 0.1) is 29.1 Å². The van der Waals surface area contributed by atoms with Crippen molar-refractivity contribution in [3.8, 4) is 0 Å². The number of hydrogen-bond donors (Lipinski definition) is 0. The lowest BCUT2D eigenvalue weighted by Gasteiger charge is -2.33. The van der Waals surface area contributed by atoms with E-state index in [0.717, 1.165) is 9.78 Å². The fourth-order valence-electron chi connectivity index (χ4n) is 2.81. The maximum absolute atomic E-state index is 12.3. The highest BCUT2D eigenvalue weighted by Gasteiger charge is 2.52. The number of rotatable bonds is 2. The first kappa shape index (κ1) is 20.6. The molecule has 1 aromatic heterocycles. The van der Waals surface area contributed by atoms with Gasteiger partial charge in [0, 0.05) is 12.7 Å². The van der Waals surface area contributed by atoms with Crippen LogP contribution in [0.2, 0.25) is 0 Å². The largest absolute Gasteiger partial charge is 0.507 e. The smallest absolute Gasteiger partial charge is 0.444 e. The SMILES string of the molecule is CC(C)(C)OC(=O)N1CCOC(c2ncc(B3OC(C)(C)C(C)(C)O3)s2)C1. The van der Waals surface area contributed by atoms with Gasteiger partial charge in [0.1, 0.15) is 16.7 Å². The number of thiazole rings is 1. The van der Waals surface area contributed by atoms with Crippen molar-refractivity contribution in [2.45, 2.75) is 71.4 Å². The maximum Gasteiger partial charge on any atom is 0.507 e. The summed E-state index contributed by atoms with van der Waals surface area (Å²) in [4.78, 5) is 18.5. The molecular weight excluding hydrogens is 367 g/mol. The average Bonchev–Trinajstić information content (AvgIpc) is 3.09. The van der Waals surface area contributed by atoms with E-state index in [1.165, 1.54) is 11.3 Å². The van der Waals surface area contributed by atoms with Gasteiger partial charge >= 0.3 is 13.2 Å². The molecule has 2 aliphatic rings. The normalized spacial score (nSPS) is 24.9. The van der Waals surface area contributed by atoms with Crippen molar-refractivity contribution in [1.82, 2.24) is 9.88 Å². The van der Waals surface area contributed by atoms with Gasteiger partial charge in [-0.15, -0.1) is 11.3 Å². The van der Waals surface area contributed by atoms with Crippen LogP contribution in [0.1, 0.15) is 59.6 Å². The number of amides is 1. The fourth-order valence-corrected chi connectivity index (χ4v) is 3.73. The number of nitrogens with zero attached hydrogens (tertiary/aromatic N) is 2. The molecule has 3 rings (SSSR count). The maximum atomic E-state index is 12.3. The monoisotopic (exact) mass is 396 g/mol. The third kappa shape index (κ3) is 4.47. The van der Waals surface area contributed by atoms with Gasteiger partial charge in [0.15, 0.2) is 0 Å². The molecule has 0 aliphatic carbocycles. The molecule has 1 aromatic rings. The molecule has 0 aromatic carbocycles. The fraction of sp³-hybridized carbons (Fsp3) is 0.778. The molecule has 7 nitrogen and oxygen atoms in total. The summed E-state index contributed by atoms with van der Waals surface area (Å²) in [5.74, 6) is 0. The summed E-state index contributed by atoms with van der Waals surface area (Å²) in [6.45, 7) is 15.1. The molecule has 3 heterocycles. The van der Waals surface area contributed by atoms with Gasteiger partial charge in [-0.1, -0.05) is 0 Å². The summed E-state index contributed by atoms with van der Waals surface area (Å²) >= 11 is 1.50. The minimum absolute atomic E-state index is 0.271. The number of hydrogen-bond acceptors (Lipinski definition) is 7. The third-order valence-corrected chi connectivity index (χ3v) is 6.13. The van der Waals surface area contributed by atoms with Crippen LogP contribution in [0, 0.1) is 0 Å². The van der Waals surface area contributed by atoms with Crippen molar-refractivity contribution in [3.63, 3.8) is 0 Å². The zero-order valence-electron chi connectivity index (χ0n) is 17.2. The Morgan fingerprint density at radius 3 is 2.52 bits per heavy atom. The number of ether oxygens (including phenoxy) is 2. The Morgan fingerprint density at radius 1 is 1.30 bits per heavy atom. The Hall–Kier alpha value is -1.16. The number of carbonyl (C=O) groups excluding carboxylic acids is 1. The molecule has 0 bridgehead atoms. The molecule has 27 heavy (non-hydrogen) atoms. The van der Waals surface area contributed by atoms with Crippen molar-refractivity contribution in [2.24, 2.45) is 0 Å². The third-order valence-electron chi connectivity index (χ3n) is 5.02. The Balaban J connectivity index is 1.67. The quantitative estimate of drug-likeness (QED) is 0.716. The van der Waals surface area contributed by atoms with E-state index in [0.29, 0.717) is 19.7 Å². The standard InChI is InChI=1S/C18H29BN2O5S/c1-16(2,3)24-15(22)21-8-9-23-12(11-21)14-20-10-13(27-14)19-25-17(4,5)18(6,7)26-19/h10,12H,8-9,11H2,1-7H3. The van der Waals surface area contributed by atoms with E-state index in [2.05, 4.69) is 4.98 Å². The number of carbonyl (C=O) groups is 1. The van der Waals surface area contributed by atoms with E-state index < -0.39 is 23.9 Å². The van der Waals surface area contributed by atoms with Gasteiger partial charge in [-0.2, -0.15) is 0 Å². The van der Waals surface area contributed by atoms with Crippen LogP contribution in [0.4, 0.5) is 4.79 Å². The molecule has 9 heteroatoms. The molecule has 2 fully saturated rings. The first-order chi connectivity index (χ1) is 12.4. The van der Waals surface area contributed by atoms with E-state index in [1.807, 2.05) is 48.5 Å². The van der Waals surface area contributed by atoms with Crippen LogP contribution >= 0.6 is 11.3 Å². The van der Waals surface area contributed by atoms with Crippen LogP contribution in [0.5, 0.6) is 0 Å². The average molecular weight is 396 g/mol. The Bertz CT molecular complexity index is 684. The zero-order valence-corrected chi connectivity index (χ0v) is 18.0. The number of morpholine rings is 1. The van der Waals surface area contributed by atoms with Crippen LogP contribution in [0.25, 0.3) is 0 Å². The molecule has 2 saturated heterocycles. The van der Waals surface area contributed by atoms with E-state index in [-0.39, 0.29) is 12.2 Å². The highest BCUT2D eigenvalue weighted by atomic mass is 32.1. The van der Waals surface area contributed by atoms with Crippen molar-refractivity contribution < 1.29 is 23.6 Å². The van der Waals surface area contributed by atoms with Crippen LogP contribution in [0.15, 0.2) is 6.20 Å². The van der Waals surface area contributed by atoms with Crippen LogP contribution in [-0.4, -0.2) is 59.6 Å². The highest BCUT2D eigenvalue weighted by Crippen LogP contribution is 2.37. The topological polar surface area (TPSA) is 70.1 Å². The molecule has 2 aliphatic heterocycles. The second-order valence-corrected chi connectivity index (χ2v) is 10.1. The van der Waals surface area contributed by atoms with Crippen molar-refractivity contribution in [3.05, 3.63) is 11.2 Å². The molecule has 1 amide bonds. The van der Waals surface area contributed by atoms with Crippen LogP contribution < -0.4 is 4.78 Å². The summed E-state index contributed by atoms with van der Waals surface area (Å²) in [6, 6.07) is 0. The first-order valence-corrected chi connectivity index (χ1v) is 10.1. The molecule has 1 atom stereocenters. The zero-order chi connectivity index (χ0) is 20.0. The van der Waals surface area contributed by atoms with Crippen molar-refractivity contribution >= 4 is 29.3 Å². The van der Waals surface area contributed by atoms with Gasteiger partial charge < -0.3 is 23.7 Å². The van der Waals surface area contributed by atoms with Gasteiger partial charge in [0.2, 0.25) is 0 Å². The number of aromatic nitrogens is 1. The predicted octanol–water partition coefficient (Wildman–Crippen LogP) is 2.75. The van der Waals surface area contributed by atoms with Crippen molar-refractivity contribution in [1.29, 1.82) is 0 Å². The van der Waals surface area contributed by atoms with Gasteiger partial charge in [0.25, 0.3) is 0 Å². The molecule has 150 valence electrons. The predicted molar refractivity (Wildman–Crippen MR) is 104 cm³/mol. The second kappa shape index (κ2) is 7.02. The highest BCUT2D eigenvalue weighted by molar-refractivity contribution is 7.22. The molecule has 1 unspecified atom stereocenters. The lowest BCUT2D eigenvalue weighted by molar-refractivity contribution is -0.0433. The molecule has 0 saturated carbocycles. The van der Waals surface area contributed by atoms with Gasteiger partial charge in [-0.3, -0.25) is 0 Å². The first-order valence-electron chi connectivity index (χ1n) is 9.29. The van der Waals surface area contributed by atoms with E-state index in [4.69, 9.17) is 18.8 Å². The van der Waals surface area contributed by atoms with Crippen LogP contribution in [-0.2, 0) is 18.8 Å². The summed E-state index contributed by atoms with van der Waals surface area (Å²) in [5.41, 5.74) is -1.30. The molecule has 0 N–H and O–H groups in total.